The van der Waals surface area contributed by atoms with Crippen molar-refractivity contribution in [1.29, 1.82) is 0 Å². The number of carbonyl (C=O) groups excluding carboxylic acids is 1. The van der Waals surface area contributed by atoms with E-state index in [2.05, 4.69) is 15.4 Å². The topological polar surface area (TPSA) is 69.0 Å². The standard InChI is InChI=1S/C24H22N4O2/c29-24(25-16-17-30-21-14-8-3-9-15-21)23-26-22(18-19-10-4-1-5-11-19)28(27-23)20-12-6-2-7-13-20/h1-15H,16-18H2,(H,25,29). The summed E-state index contributed by atoms with van der Waals surface area (Å²) in [5.74, 6) is 1.29. The average Bonchev–Trinajstić information content (AvgIpc) is 3.22. The highest BCUT2D eigenvalue weighted by molar-refractivity contribution is 5.90. The molecule has 1 amide bonds. The largest absolute Gasteiger partial charge is 0.492 e. The molecule has 0 aliphatic heterocycles. The quantitative estimate of drug-likeness (QED) is 0.460. The summed E-state index contributed by atoms with van der Waals surface area (Å²) in [5, 5.41) is 7.29. The molecule has 0 unspecified atom stereocenters. The van der Waals surface area contributed by atoms with Crippen LogP contribution in [0.1, 0.15) is 22.0 Å². The zero-order valence-electron chi connectivity index (χ0n) is 16.4. The molecule has 3 aromatic carbocycles. The molecule has 1 heterocycles. The van der Waals surface area contributed by atoms with E-state index in [0.29, 0.717) is 25.4 Å². The van der Waals surface area contributed by atoms with Crippen LogP contribution in [-0.2, 0) is 6.42 Å². The lowest BCUT2D eigenvalue weighted by Gasteiger charge is -2.06. The molecule has 6 heteroatoms. The van der Waals surface area contributed by atoms with E-state index in [4.69, 9.17) is 4.74 Å². The number of carbonyl (C=O) groups is 1. The summed E-state index contributed by atoms with van der Waals surface area (Å²) >= 11 is 0. The number of aromatic nitrogens is 3. The zero-order chi connectivity index (χ0) is 20.6. The number of nitrogens with one attached hydrogen (secondary N) is 1. The third-order valence-electron chi connectivity index (χ3n) is 4.48. The molecule has 30 heavy (non-hydrogen) atoms. The minimum atomic E-state index is -0.323. The van der Waals surface area contributed by atoms with Crippen LogP contribution in [0.4, 0.5) is 0 Å². The Hall–Kier alpha value is -3.93. The van der Waals surface area contributed by atoms with E-state index in [1.165, 1.54) is 0 Å². The molecule has 4 rings (SSSR count). The highest BCUT2D eigenvalue weighted by Crippen LogP contribution is 2.14. The van der Waals surface area contributed by atoms with Gasteiger partial charge >= 0.3 is 0 Å². The van der Waals surface area contributed by atoms with Crippen molar-refractivity contribution in [2.24, 2.45) is 0 Å². The fraction of sp³-hybridized carbons (Fsp3) is 0.125. The van der Waals surface area contributed by atoms with Crippen molar-refractivity contribution in [3.63, 3.8) is 0 Å². The lowest BCUT2D eigenvalue weighted by molar-refractivity contribution is 0.0936. The van der Waals surface area contributed by atoms with Gasteiger partial charge in [-0.3, -0.25) is 4.79 Å². The van der Waals surface area contributed by atoms with Gasteiger partial charge in [0.2, 0.25) is 5.82 Å². The Labute approximate surface area is 175 Å². The number of rotatable bonds is 8. The van der Waals surface area contributed by atoms with Crippen molar-refractivity contribution in [3.8, 4) is 11.4 Å². The van der Waals surface area contributed by atoms with Gasteiger partial charge in [0.15, 0.2) is 0 Å². The van der Waals surface area contributed by atoms with Crippen molar-refractivity contribution in [2.45, 2.75) is 6.42 Å². The Kier molecular flexibility index (Phi) is 6.15. The maximum absolute atomic E-state index is 12.6. The van der Waals surface area contributed by atoms with Crippen molar-refractivity contribution in [2.75, 3.05) is 13.2 Å². The molecule has 150 valence electrons. The second-order valence-corrected chi connectivity index (χ2v) is 6.68. The summed E-state index contributed by atoms with van der Waals surface area (Å²) in [7, 11) is 0. The van der Waals surface area contributed by atoms with Gasteiger partial charge in [-0.15, -0.1) is 5.10 Å². The fourth-order valence-corrected chi connectivity index (χ4v) is 3.04. The molecular weight excluding hydrogens is 376 g/mol. The summed E-state index contributed by atoms with van der Waals surface area (Å²) in [6, 6.07) is 29.2. The number of amides is 1. The molecule has 0 aliphatic rings. The first-order valence-electron chi connectivity index (χ1n) is 9.81. The molecule has 4 aromatic rings. The third-order valence-corrected chi connectivity index (χ3v) is 4.48. The maximum atomic E-state index is 12.6. The molecule has 0 aliphatic carbocycles. The van der Waals surface area contributed by atoms with Crippen LogP contribution in [0, 0.1) is 0 Å². The zero-order valence-corrected chi connectivity index (χ0v) is 16.4. The van der Waals surface area contributed by atoms with Gasteiger partial charge in [0.1, 0.15) is 18.2 Å². The van der Waals surface area contributed by atoms with E-state index in [1.54, 1.807) is 4.68 Å². The van der Waals surface area contributed by atoms with E-state index in [1.807, 2.05) is 91.0 Å². The van der Waals surface area contributed by atoms with Crippen LogP contribution in [0.15, 0.2) is 91.0 Å². The van der Waals surface area contributed by atoms with Crippen molar-refractivity contribution in [3.05, 3.63) is 108 Å². The first-order valence-corrected chi connectivity index (χ1v) is 9.81. The Balaban J connectivity index is 1.46. The van der Waals surface area contributed by atoms with Gasteiger partial charge in [-0.2, -0.15) is 0 Å². The fourth-order valence-electron chi connectivity index (χ4n) is 3.04. The van der Waals surface area contributed by atoms with Crippen molar-refractivity contribution in [1.82, 2.24) is 20.1 Å². The number of para-hydroxylation sites is 2. The van der Waals surface area contributed by atoms with Gasteiger partial charge in [-0.05, 0) is 29.8 Å². The summed E-state index contributed by atoms with van der Waals surface area (Å²) in [5.41, 5.74) is 1.97. The summed E-state index contributed by atoms with van der Waals surface area (Å²) in [4.78, 5) is 17.1. The van der Waals surface area contributed by atoms with E-state index >= 15 is 0 Å². The summed E-state index contributed by atoms with van der Waals surface area (Å²) in [6.07, 6.45) is 0.577. The molecule has 0 atom stereocenters. The second kappa shape index (κ2) is 9.52. The number of nitrogens with zero attached hydrogens (tertiary/aromatic N) is 3. The van der Waals surface area contributed by atoms with Crippen molar-refractivity contribution >= 4 is 5.91 Å². The van der Waals surface area contributed by atoms with Crippen LogP contribution in [0.3, 0.4) is 0 Å². The third kappa shape index (κ3) is 4.91. The number of benzene rings is 3. The minimum absolute atomic E-state index is 0.143. The highest BCUT2D eigenvalue weighted by Gasteiger charge is 2.17. The van der Waals surface area contributed by atoms with Crippen LogP contribution in [0.25, 0.3) is 5.69 Å². The van der Waals surface area contributed by atoms with Crippen LogP contribution < -0.4 is 10.1 Å². The number of hydrogen-bond donors (Lipinski definition) is 1. The van der Waals surface area contributed by atoms with Crippen LogP contribution >= 0.6 is 0 Å². The molecule has 0 saturated carbocycles. The average molecular weight is 398 g/mol. The van der Waals surface area contributed by atoms with Gasteiger partial charge < -0.3 is 10.1 Å². The van der Waals surface area contributed by atoms with Crippen LogP contribution in [0.2, 0.25) is 0 Å². The Bertz CT molecular complexity index is 1080. The van der Waals surface area contributed by atoms with E-state index in [9.17, 15) is 4.79 Å². The lowest BCUT2D eigenvalue weighted by atomic mass is 10.1. The Morgan fingerprint density at radius 1 is 0.867 bits per heavy atom. The predicted molar refractivity (Wildman–Crippen MR) is 115 cm³/mol. The summed E-state index contributed by atoms with van der Waals surface area (Å²) < 4.78 is 7.33. The predicted octanol–water partition coefficient (Wildman–Crippen LogP) is 3.67. The van der Waals surface area contributed by atoms with Gasteiger partial charge in [-0.25, -0.2) is 9.67 Å². The van der Waals surface area contributed by atoms with Gasteiger partial charge in [0.25, 0.3) is 5.91 Å². The molecule has 0 fully saturated rings. The smallest absolute Gasteiger partial charge is 0.291 e. The van der Waals surface area contributed by atoms with Gasteiger partial charge in [0.05, 0.1) is 12.2 Å². The second-order valence-electron chi connectivity index (χ2n) is 6.68. The van der Waals surface area contributed by atoms with Crippen LogP contribution in [0.5, 0.6) is 5.75 Å². The van der Waals surface area contributed by atoms with E-state index < -0.39 is 0 Å². The molecule has 1 aromatic heterocycles. The minimum Gasteiger partial charge on any atom is -0.492 e. The molecular formula is C24H22N4O2. The van der Waals surface area contributed by atoms with Gasteiger partial charge in [-0.1, -0.05) is 66.7 Å². The van der Waals surface area contributed by atoms with Crippen molar-refractivity contribution < 1.29 is 9.53 Å². The maximum Gasteiger partial charge on any atom is 0.291 e. The molecule has 6 nitrogen and oxygen atoms in total. The lowest BCUT2D eigenvalue weighted by Crippen LogP contribution is -2.29. The monoisotopic (exact) mass is 398 g/mol. The Morgan fingerprint density at radius 3 is 2.20 bits per heavy atom. The van der Waals surface area contributed by atoms with Gasteiger partial charge in [0, 0.05) is 6.42 Å². The molecule has 0 radical (unpaired) electrons. The first-order chi connectivity index (χ1) is 14.8. The molecule has 0 bridgehead atoms. The normalized spacial score (nSPS) is 10.5. The van der Waals surface area contributed by atoms with E-state index in [0.717, 1.165) is 17.0 Å². The van der Waals surface area contributed by atoms with E-state index in [-0.39, 0.29) is 11.7 Å². The molecule has 1 N–H and O–H groups in total. The molecule has 0 spiro atoms. The Morgan fingerprint density at radius 2 is 1.50 bits per heavy atom. The first kappa shape index (κ1) is 19.4. The number of ether oxygens (including phenoxy) is 1. The highest BCUT2D eigenvalue weighted by atomic mass is 16.5. The SMILES string of the molecule is O=C(NCCOc1ccccc1)c1nc(Cc2ccccc2)n(-c2ccccc2)n1. The number of hydrogen-bond acceptors (Lipinski definition) is 4. The summed E-state index contributed by atoms with van der Waals surface area (Å²) in [6.45, 7) is 0.730. The van der Waals surface area contributed by atoms with Crippen LogP contribution in [-0.4, -0.2) is 33.8 Å². The molecule has 0 saturated heterocycles.